The zero-order valence-corrected chi connectivity index (χ0v) is 31.3. The molecule has 1 spiro atoms. The molecule has 0 amide bonds. The van der Waals surface area contributed by atoms with E-state index in [1.807, 2.05) is 0 Å². The molecule has 0 saturated heterocycles. The predicted octanol–water partition coefficient (Wildman–Crippen LogP) is 14.1. The second-order valence-corrected chi connectivity index (χ2v) is 16.2. The summed E-state index contributed by atoms with van der Waals surface area (Å²) in [5, 5.41) is 8.38. The van der Waals surface area contributed by atoms with E-state index in [9.17, 15) is 0 Å². The summed E-state index contributed by atoms with van der Waals surface area (Å²) in [5.41, 5.74) is 10.7. The van der Waals surface area contributed by atoms with Gasteiger partial charge in [0.2, 0.25) is 0 Å². The summed E-state index contributed by atoms with van der Waals surface area (Å²) >= 11 is 1.77. The maximum atomic E-state index is 6.70. The van der Waals surface area contributed by atoms with Gasteiger partial charge in [-0.25, -0.2) is 9.97 Å². The molecule has 1 aliphatic carbocycles. The number of rotatable bonds is 2. The second-order valence-electron chi connectivity index (χ2n) is 15.2. The highest BCUT2D eigenvalue weighted by atomic mass is 32.1. The van der Waals surface area contributed by atoms with E-state index in [4.69, 9.17) is 14.7 Å². The van der Waals surface area contributed by atoms with Crippen LogP contribution < -0.4 is 4.74 Å². The normalized spacial score (nSPS) is 13.5. The maximum absolute atomic E-state index is 6.70. The molecule has 0 fully saturated rings. The molecule has 1 aliphatic heterocycles. The van der Waals surface area contributed by atoms with Crippen molar-refractivity contribution in [2.75, 3.05) is 0 Å². The summed E-state index contributed by atoms with van der Waals surface area (Å²) in [6.45, 7) is 0. The van der Waals surface area contributed by atoms with Crippen molar-refractivity contribution >= 4 is 64.0 Å². The van der Waals surface area contributed by atoms with Gasteiger partial charge in [-0.05, 0) is 84.9 Å². The van der Waals surface area contributed by atoms with Crippen molar-refractivity contribution in [2.45, 2.75) is 5.41 Å². The van der Waals surface area contributed by atoms with Gasteiger partial charge in [0.25, 0.3) is 0 Å². The molecule has 0 radical (unpaired) electrons. The molecule has 0 atom stereocenters. The fourth-order valence-corrected chi connectivity index (χ4v) is 11.1. The van der Waals surface area contributed by atoms with Crippen LogP contribution in [0.25, 0.3) is 86.4 Å². The summed E-state index contributed by atoms with van der Waals surface area (Å²) in [7, 11) is 0. The molecule has 11 aromatic rings. The zero-order valence-electron chi connectivity index (χ0n) is 30.5. The van der Waals surface area contributed by atoms with Gasteiger partial charge < -0.3 is 4.74 Å². The van der Waals surface area contributed by atoms with Gasteiger partial charge in [-0.3, -0.25) is 0 Å². The first-order chi connectivity index (χ1) is 28.3. The Labute approximate surface area is 332 Å². The highest BCUT2D eigenvalue weighted by molar-refractivity contribution is 7.26. The van der Waals surface area contributed by atoms with Gasteiger partial charge in [-0.15, -0.1) is 11.3 Å². The number of ether oxygens (including phenoxy) is 1. The summed E-state index contributed by atoms with van der Waals surface area (Å²) in [6, 6.07) is 65.8. The Kier molecular flexibility index (Phi) is 6.25. The minimum absolute atomic E-state index is 0.611. The topological polar surface area (TPSA) is 35.0 Å². The molecular formula is C53H30N2OS. The minimum atomic E-state index is -0.611. The third kappa shape index (κ3) is 4.15. The van der Waals surface area contributed by atoms with Gasteiger partial charge >= 0.3 is 0 Å². The van der Waals surface area contributed by atoms with Gasteiger partial charge in [0.1, 0.15) is 11.5 Å². The van der Waals surface area contributed by atoms with Crippen LogP contribution in [0.4, 0.5) is 0 Å². The average molecular weight is 743 g/mol. The van der Waals surface area contributed by atoms with E-state index in [0.29, 0.717) is 0 Å². The number of fused-ring (bicyclic) bond motifs is 17. The van der Waals surface area contributed by atoms with E-state index in [0.717, 1.165) is 66.3 Å². The molecule has 13 rings (SSSR count). The molecule has 4 heteroatoms. The van der Waals surface area contributed by atoms with Gasteiger partial charge in [0, 0.05) is 32.3 Å². The van der Waals surface area contributed by atoms with E-state index in [2.05, 4.69) is 182 Å². The van der Waals surface area contributed by atoms with E-state index < -0.39 is 5.41 Å². The van der Waals surface area contributed by atoms with Crippen molar-refractivity contribution in [1.29, 1.82) is 0 Å². The van der Waals surface area contributed by atoms with Crippen molar-refractivity contribution in [2.24, 2.45) is 0 Å². The van der Waals surface area contributed by atoms with Gasteiger partial charge in [0.05, 0.1) is 21.3 Å². The Bertz CT molecular complexity index is 3480. The van der Waals surface area contributed by atoms with Gasteiger partial charge in [-0.1, -0.05) is 152 Å². The average Bonchev–Trinajstić information content (AvgIpc) is 3.80. The Balaban J connectivity index is 1.15. The number of benzene rings is 9. The molecule has 9 aromatic carbocycles. The monoisotopic (exact) mass is 742 g/mol. The van der Waals surface area contributed by atoms with E-state index >= 15 is 0 Å². The quantitative estimate of drug-likeness (QED) is 0.165. The smallest absolute Gasteiger partial charge is 0.161 e. The van der Waals surface area contributed by atoms with Gasteiger partial charge in [-0.2, -0.15) is 0 Å². The van der Waals surface area contributed by atoms with E-state index in [1.54, 1.807) is 11.3 Å². The van der Waals surface area contributed by atoms with Crippen LogP contribution in [-0.2, 0) is 5.41 Å². The number of thiophene rings is 1. The molecule has 0 saturated carbocycles. The lowest BCUT2D eigenvalue weighted by molar-refractivity contribution is 0.436. The van der Waals surface area contributed by atoms with Crippen molar-refractivity contribution in [3.63, 3.8) is 0 Å². The molecular weight excluding hydrogens is 713 g/mol. The third-order valence-corrected chi connectivity index (χ3v) is 13.5. The Morgan fingerprint density at radius 2 is 1.09 bits per heavy atom. The van der Waals surface area contributed by atoms with E-state index in [1.165, 1.54) is 53.9 Å². The van der Waals surface area contributed by atoms with Crippen LogP contribution in [0, 0.1) is 0 Å². The van der Waals surface area contributed by atoms with Crippen LogP contribution in [-0.4, -0.2) is 9.97 Å². The number of hydrogen-bond donors (Lipinski definition) is 0. The number of hydrogen-bond acceptors (Lipinski definition) is 4. The summed E-state index contributed by atoms with van der Waals surface area (Å²) in [4.78, 5) is 11.1. The molecule has 264 valence electrons. The first-order valence-electron chi connectivity index (χ1n) is 19.4. The number of para-hydroxylation sites is 2. The zero-order chi connectivity index (χ0) is 37.2. The SMILES string of the molecule is c1ccc2c(c1)Oc1ccccc1C21c2cc(-c3nc(-c4cc5ccccc5c5ccccc45)nc4c3sc3ccccc34)ccc2-c2c1ccc1ccccc21. The van der Waals surface area contributed by atoms with E-state index in [-0.39, 0.29) is 0 Å². The van der Waals surface area contributed by atoms with Crippen LogP contribution in [0.1, 0.15) is 22.3 Å². The summed E-state index contributed by atoms with van der Waals surface area (Å²) in [6.07, 6.45) is 0. The summed E-state index contributed by atoms with van der Waals surface area (Å²) in [5.74, 6) is 2.50. The third-order valence-electron chi connectivity index (χ3n) is 12.3. The lowest BCUT2D eigenvalue weighted by Gasteiger charge is -2.39. The van der Waals surface area contributed by atoms with Crippen molar-refractivity contribution in [1.82, 2.24) is 9.97 Å². The molecule has 2 aliphatic rings. The largest absolute Gasteiger partial charge is 0.457 e. The van der Waals surface area contributed by atoms with Crippen molar-refractivity contribution < 1.29 is 4.74 Å². The first-order valence-corrected chi connectivity index (χ1v) is 20.2. The Morgan fingerprint density at radius 3 is 1.89 bits per heavy atom. The summed E-state index contributed by atoms with van der Waals surface area (Å²) < 4.78 is 8.99. The lowest BCUT2D eigenvalue weighted by Crippen LogP contribution is -2.32. The highest BCUT2D eigenvalue weighted by Gasteiger charge is 2.51. The molecule has 0 N–H and O–H groups in total. The molecule has 57 heavy (non-hydrogen) atoms. The Morgan fingerprint density at radius 1 is 0.439 bits per heavy atom. The van der Waals surface area contributed by atoms with Crippen molar-refractivity contribution in [3.05, 3.63) is 204 Å². The Hall–Kier alpha value is -7.14. The molecule has 0 bridgehead atoms. The fraction of sp³-hybridized carbons (Fsp3) is 0.0189. The van der Waals surface area contributed by atoms with Crippen LogP contribution >= 0.6 is 11.3 Å². The van der Waals surface area contributed by atoms with Crippen LogP contribution in [0.3, 0.4) is 0 Å². The van der Waals surface area contributed by atoms with Crippen LogP contribution in [0.2, 0.25) is 0 Å². The fourth-order valence-electron chi connectivity index (χ4n) is 9.96. The predicted molar refractivity (Wildman–Crippen MR) is 236 cm³/mol. The molecule has 3 nitrogen and oxygen atoms in total. The maximum Gasteiger partial charge on any atom is 0.161 e. The first kappa shape index (κ1) is 31.1. The van der Waals surface area contributed by atoms with Crippen LogP contribution in [0.5, 0.6) is 11.5 Å². The minimum Gasteiger partial charge on any atom is -0.457 e. The number of aromatic nitrogens is 2. The molecule has 0 unspecified atom stereocenters. The molecule has 3 heterocycles. The second kappa shape index (κ2) is 11.5. The van der Waals surface area contributed by atoms with Crippen molar-refractivity contribution in [3.8, 4) is 45.3 Å². The van der Waals surface area contributed by atoms with Gasteiger partial charge in [0.15, 0.2) is 5.82 Å². The van der Waals surface area contributed by atoms with Crippen LogP contribution in [0.15, 0.2) is 182 Å². The number of nitrogens with zero attached hydrogens (tertiary/aromatic N) is 2. The molecule has 2 aromatic heterocycles. The standard InChI is InChI=1S/C53H30N2OS/c1-4-16-35-31(13-1)26-28-43-48(35)38-27-25-33(30-44(38)53(43)41-20-8-10-22-45(41)56-46-23-11-9-21-42(46)53)49-51-50(39-19-7-12-24-47(39)57-51)55-52(54-49)40-29-32-14-2-3-15-34(32)36-17-5-6-18-37(36)40/h1-30H. The highest BCUT2D eigenvalue weighted by Crippen LogP contribution is 2.63. The lowest BCUT2D eigenvalue weighted by atomic mass is 9.66.